The fourth-order valence-electron chi connectivity index (χ4n) is 1.11. The van der Waals surface area contributed by atoms with Crippen LogP contribution in [0.5, 0.6) is 0 Å². The van der Waals surface area contributed by atoms with Crippen molar-refractivity contribution in [2.45, 2.75) is 32.7 Å². The highest BCUT2D eigenvalue weighted by Crippen LogP contribution is 1.95. The summed E-state index contributed by atoms with van der Waals surface area (Å²) in [4.78, 5) is 22.9. The van der Waals surface area contributed by atoms with Crippen molar-refractivity contribution in [1.29, 1.82) is 0 Å². The highest BCUT2D eigenvalue weighted by molar-refractivity contribution is 5.80. The summed E-state index contributed by atoms with van der Waals surface area (Å²) in [6.45, 7) is 4.64. The molecule has 0 saturated carbocycles. The Morgan fingerprint density at radius 1 is 1.40 bits per heavy atom. The first-order valence-corrected chi connectivity index (χ1v) is 5.12. The zero-order valence-corrected chi connectivity index (χ0v) is 9.62. The van der Waals surface area contributed by atoms with Gasteiger partial charge in [-0.1, -0.05) is 13.8 Å². The van der Waals surface area contributed by atoms with Gasteiger partial charge in [-0.05, 0) is 13.0 Å². The van der Waals surface area contributed by atoms with Crippen LogP contribution in [-0.4, -0.2) is 48.1 Å². The fraction of sp³-hybridized carbons (Fsp3) is 0.800. The van der Waals surface area contributed by atoms with Gasteiger partial charge in [0.1, 0.15) is 6.54 Å². The molecule has 0 aromatic carbocycles. The highest BCUT2D eigenvalue weighted by Gasteiger charge is 2.10. The molecule has 0 radical (unpaired) electrons. The third-order valence-corrected chi connectivity index (χ3v) is 1.92. The second-order valence-corrected chi connectivity index (χ2v) is 3.86. The van der Waals surface area contributed by atoms with Crippen molar-refractivity contribution in [2.75, 3.05) is 20.1 Å². The molecular formula is C10H20N2O3. The van der Waals surface area contributed by atoms with Gasteiger partial charge < -0.3 is 15.3 Å². The van der Waals surface area contributed by atoms with Gasteiger partial charge in [-0.25, -0.2) is 0 Å². The van der Waals surface area contributed by atoms with E-state index in [2.05, 4.69) is 5.32 Å². The van der Waals surface area contributed by atoms with Crippen LogP contribution in [0, 0.1) is 0 Å². The zero-order valence-electron chi connectivity index (χ0n) is 9.62. The van der Waals surface area contributed by atoms with Crippen molar-refractivity contribution in [3.63, 3.8) is 0 Å². The maximum atomic E-state index is 11.4. The standard InChI is InChI=1S/C10H20N2O3/c1-8(2)11-6-4-5-9(13)12(3)7-10(14)15/h8,11H,4-7H2,1-3H3,(H,14,15). The molecule has 15 heavy (non-hydrogen) atoms. The van der Waals surface area contributed by atoms with E-state index in [4.69, 9.17) is 5.11 Å². The number of carbonyl (C=O) groups excluding carboxylic acids is 1. The van der Waals surface area contributed by atoms with Crippen LogP contribution in [0.1, 0.15) is 26.7 Å². The summed E-state index contributed by atoms with van der Waals surface area (Å²) in [5.41, 5.74) is 0. The van der Waals surface area contributed by atoms with E-state index in [1.54, 1.807) is 0 Å². The lowest BCUT2D eigenvalue weighted by atomic mass is 10.2. The van der Waals surface area contributed by atoms with E-state index in [1.807, 2.05) is 13.8 Å². The van der Waals surface area contributed by atoms with Crippen LogP contribution in [0.4, 0.5) is 0 Å². The number of nitrogens with zero attached hydrogens (tertiary/aromatic N) is 1. The molecule has 0 aromatic rings. The number of hydrogen-bond acceptors (Lipinski definition) is 3. The first-order chi connectivity index (χ1) is 6.93. The maximum absolute atomic E-state index is 11.4. The van der Waals surface area contributed by atoms with Crippen molar-refractivity contribution < 1.29 is 14.7 Å². The predicted octanol–water partition coefficient (Wildman–Crippen LogP) is 0.308. The first kappa shape index (κ1) is 13.9. The van der Waals surface area contributed by atoms with E-state index in [1.165, 1.54) is 11.9 Å². The van der Waals surface area contributed by atoms with Crippen LogP contribution in [0.25, 0.3) is 0 Å². The van der Waals surface area contributed by atoms with Gasteiger partial charge in [0.05, 0.1) is 0 Å². The van der Waals surface area contributed by atoms with Crippen LogP contribution >= 0.6 is 0 Å². The number of carboxylic acid groups (broad SMARTS) is 1. The quantitative estimate of drug-likeness (QED) is 0.601. The lowest BCUT2D eigenvalue weighted by molar-refractivity contribution is -0.143. The molecule has 0 aliphatic carbocycles. The Morgan fingerprint density at radius 2 is 2.00 bits per heavy atom. The van der Waals surface area contributed by atoms with Gasteiger partial charge in [0.25, 0.3) is 0 Å². The van der Waals surface area contributed by atoms with E-state index < -0.39 is 5.97 Å². The highest BCUT2D eigenvalue weighted by atomic mass is 16.4. The SMILES string of the molecule is CC(C)NCCCC(=O)N(C)CC(=O)O. The molecule has 0 heterocycles. The molecule has 0 saturated heterocycles. The summed E-state index contributed by atoms with van der Waals surface area (Å²) in [5.74, 6) is -1.10. The number of likely N-dealkylation sites (N-methyl/N-ethyl adjacent to an activating group) is 1. The molecule has 0 aliphatic rings. The number of hydrogen-bond donors (Lipinski definition) is 2. The average molecular weight is 216 g/mol. The number of aliphatic carboxylic acids is 1. The van der Waals surface area contributed by atoms with Gasteiger partial charge >= 0.3 is 5.97 Å². The second-order valence-electron chi connectivity index (χ2n) is 3.86. The molecule has 0 atom stereocenters. The number of amides is 1. The summed E-state index contributed by atoms with van der Waals surface area (Å²) >= 11 is 0. The molecule has 0 spiro atoms. The predicted molar refractivity (Wildman–Crippen MR) is 57.6 cm³/mol. The van der Waals surface area contributed by atoms with Crippen LogP contribution in [-0.2, 0) is 9.59 Å². The number of carboxylic acids is 1. The Labute approximate surface area is 90.5 Å². The van der Waals surface area contributed by atoms with Gasteiger partial charge in [0.15, 0.2) is 0 Å². The number of nitrogens with one attached hydrogen (secondary N) is 1. The molecule has 0 fully saturated rings. The van der Waals surface area contributed by atoms with E-state index in [-0.39, 0.29) is 12.5 Å². The molecule has 5 nitrogen and oxygen atoms in total. The van der Waals surface area contributed by atoms with Crippen LogP contribution < -0.4 is 5.32 Å². The minimum Gasteiger partial charge on any atom is -0.480 e. The molecule has 88 valence electrons. The Morgan fingerprint density at radius 3 is 2.47 bits per heavy atom. The second kappa shape index (κ2) is 7.23. The maximum Gasteiger partial charge on any atom is 0.323 e. The third-order valence-electron chi connectivity index (χ3n) is 1.92. The van der Waals surface area contributed by atoms with Gasteiger partial charge in [-0.15, -0.1) is 0 Å². The number of rotatable bonds is 7. The minimum atomic E-state index is -0.980. The van der Waals surface area contributed by atoms with Crippen molar-refractivity contribution >= 4 is 11.9 Å². The van der Waals surface area contributed by atoms with Crippen molar-refractivity contribution in [3.05, 3.63) is 0 Å². The van der Waals surface area contributed by atoms with Crippen LogP contribution in [0.3, 0.4) is 0 Å². The van der Waals surface area contributed by atoms with E-state index in [0.717, 1.165) is 13.0 Å². The van der Waals surface area contributed by atoms with Crippen molar-refractivity contribution in [2.24, 2.45) is 0 Å². The monoisotopic (exact) mass is 216 g/mol. The summed E-state index contributed by atoms with van der Waals surface area (Å²) in [6, 6.07) is 0.414. The lowest BCUT2D eigenvalue weighted by Crippen LogP contribution is -2.32. The van der Waals surface area contributed by atoms with Crippen LogP contribution in [0.15, 0.2) is 0 Å². The average Bonchev–Trinajstić information content (AvgIpc) is 2.10. The molecule has 0 rings (SSSR count). The largest absolute Gasteiger partial charge is 0.480 e. The Balaban J connectivity index is 3.60. The van der Waals surface area contributed by atoms with Crippen LogP contribution in [0.2, 0.25) is 0 Å². The molecule has 2 N–H and O–H groups in total. The molecule has 0 bridgehead atoms. The third kappa shape index (κ3) is 7.93. The number of carbonyl (C=O) groups is 2. The summed E-state index contributed by atoms with van der Waals surface area (Å²) in [7, 11) is 1.51. The normalized spacial score (nSPS) is 10.4. The first-order valence-electron chi connectivity index (χ1n) is 5.12. The van der Waals surface area contributed by atoms with Gasteiger partial charge in [-0.3, -0.25) is 9.59 Å². The topological polar surface area (TPSA) is 69.6 Å². The van der Waals surface area contributed by atoms with Crippen molar-refractivity contribution in [3.8, 4) is 0 Å². The fourth-order valence-corrected chi connectivity index (χ4v) is 1.11. The van der Waals surface area contributed by atoms with Crippen molar-refractivity contribution in [1.82, 2.24) is 10.2 Å². The lowest BCUT2D eigenvalue weighted by Gasteiger charge is -2.14. The van der Waals surface area contributed by atoms with E-state index in [0.29, 0.717) is 12.5 Å². The Kier molecular flexibility index (Phi) is 6.70. The molecule has 1 amide bonds. The molecule has 0 aromatic heterocycles. The van der Waals surface area contributed by atoms with Gasteiger partial charge in [-0.2, -0.15) is 0 Å². The van der Waals surface area contributed by atoms with E-state index in [9.17, 15) is 9.59 Å². The summed E-state index contributed by atoms with van der Waals surface area (Å²) in [5, 5.41) is 11.7. The summed E-state index contributed by atoms with van der Waals surface area (Å²) < 4.78 is 0. The zero-order chi connectivity index (χ0) is 11.8. The smallest absolute Gasteiger partial charge is 0.323 e. The molecule has 0 unspecified atom stereocenters. The minimum absolute atomic E-state index is 0.122. The van der Waals surface area contributed by atoms with Gasteiger partial charge in [0, 0.05) is 19.5 Å². The van der Waals surface area contributed by atoms with E-state index >= 15 is 0 Å². The molecule has 0 aliphatic heterocycles. The molecule has 5 heteroatoms. The molecular weight excluding hydrogens is 196 g/mol. The van der Waals surface area contributed by atoms with Gasteiger partial charge in [0.2, 0.25) is 5.91 Å². The summed E-state index contributed by atoms with van der Waals surface area (Å²) in [6.07, 6.45) is 1.13. The Hall–Kier alpha value is -1.10. The Bertz CT molecular complexity index is 217.